The van der Waals surface area contributed by atoms with Crippen LogP contribution in [-0.4, -0.2) is 20.8 Å². The summed E-state index contributed by atoms with van der Waals surface area (Å²) in [6.45, 7) is 3.35. The highest BCUT2D eigenvalue weighted by Crippen LogP contribution is 2.40. The van der Waals surface area contributed by atoms with E-state index < -0.39 is 10.7 Å². The van der Waals surface area contributed by atoms with Crippen molar-refractivity contribution >= 4 is 28.5 Å². The van der Waals surface area contributed by atoms with Crippen LogP contribution in [-0.2, 0) is 4.79 Å². The smallest absolute Gasteiger partial charge is 0.319 e. The minimum absolute atomic E-state index is 0.619. The lowest BCUT2D eigenvalue weighted by Crippen LogP contribution is -2.27. The van der Waals surface area contributed by atoms with Crippen LogP contribution in [0.5, 0.6) is 0 Å². The van der Waals surface area contributed by atoms with E-state index in [-0.39, 0.29) is 0 Å². The summed E-state index contributed by atoms with van der Waals surface area (Å²) in [5, 5.41) is 20.6. The zero-order valence-corrected chi connectivity index (χ0v) is 14.7. The van der Waals surface area contributed by atoms with Crippen molar-refractivity contribution in [1.29, 1.82) is 5.26 Å². The second-order valence-electron chi connectivity index (χ2n) is 6.11. The summed E-state index contributed by atoms with van der Waals surface area (Å²) in [6.07, 6.45) is 3.39. The SMILES string of the molecule is CC(C)(Sc1cnccc1-c1ccc(C#N)c2ccccc12)C(=O)O. The predicted molar refractivity (Wildman–Crippen MR) is 99.5 cm³/mol. The molecule has 3 aromatic rings. The van der Waals surface area contributed by atoms with Gasteiger partial charge in [0.1, 0.15) is 4.75 Å². The standard InChI is InChI=1S/C20H16N2O2S/c1-20(2,19(23)24)25-18-12-22-10-9-17(18)16-8-7-13(11-21)14-5-3-4-6-15(14)16/h3-10,12H,1-2H3,(H,23,24). The van der Waals surface area contributed by atoms with E-state index in [1.807, 2.05) is 36.4 Å². The van der Waals surface area contributed by atoms with E-state index >= 15 is 0 Å². The summed E-state index contributed by atoms with van der Waals surface area (Å²) in [7, 11) is 0. The van der Waals surface area contributed by atoms with Gasteiger partial charge >= 0.3 is 5.97 Å². The Labute approximate surface area is 150 Å². The van der Waals surface area contributed by atoms with Crippen molar-refractivity contribution in [3.63, 3.8) is 0 Å². The largest absolute Gasteiger partial charge is 0.480 e. The molecule has 0 radical (unpaired) electrons. The first-order valence-corrected chi connectivity index (χ1v) is 8.54. The minimum Gasteiger partial charge on any atom is -0.480 e. The topological polar surface area (TPSA) is 74.0 Å². The monoisotopic (exact) mass is 348 g/mol. The Morgan fingerprint density at radius 1 is 1.12 bits per heavy atom. The lowest BCUT2D eigenvalue weighted by Gasteiger charge is -2.20. The fraction of sp³-hybridized carbons (Fsp3) is 0.150. The van der Waals surface area contributed by atoms with Gasteiger partial charge in [-0.1, -0.05) is 30.3 Å². The van der Waals surface area contributed by atoms with Gasteiger partial charge in [0.2, 0.25) is 0 Å². The van der Waals surface area contributed by atoms with Gasteiger partial charge in [0.05, 0.1) is 11.6 Å². The average molecular weight is 348 g/mol. The number of thioether (sulfide) groups is 1. The van der Waals surface area contributed by atoms with Gasteiger partial charge in [-0.05, 0) is 42.5 Å². The van der Waals surface area contributed by atoms with E-state index in [2.05, 4.69) is 11.1 Å². The Morgan fingerprint density at radius 2 is 1.84 bits per heavy atom. The normalized spacial score (nSPS) is 11.2. The molecular formula is C20H16N2O2S. The van der Waals surface area contributed by atoms with Gasteiger partial charge in [-0.3, -0.25) is 9.78 Å². The highest BCUT2D eigenvalue weighted by Gasteiger charge is 2.29. The number of fused-ring (bicyclic) bond motifs is 1. The molecule has 25 heavy (non-hydrogen) atoms. The maximum Gasteiger partial charge on any atom is 0.319 e. The van der Waals surface area contributed by atoms with Crippen molar-refractivity contribution in [3.8, 4) is 17.2 Å². The number of carboxylic acid groups (broad SMARTS) is 1. The van der Waals surface area contributed by atoms with Crippen molar-refractivity contribution < 1.29 is 9.90 Å². The lowest BCUT2D eigenvalue weighted by atomic mass is 9.96. The quantitative estimate of drug-likeness (QED) is 0.690. The van der Waals surface area contributed by atoms with Crippen LogP contribution in [0.2, 0.25) is 0 Å². The van der Waals surface area contributed by atoms with E-state index in [9.17, 15) is 15.2 Å². The third-order valence-electron chi connectivity index (χ3n) is 4.00. The van der Waals surface area contributed by atoms with Crippen molar-refractivity contribution in [1.82, 2.24) is 4.98 Å². The molecule has 0 saturated carbocycles. The summed E-state index contributed by atoms with van der Waals surface area (Å²) in [4.78, 5) is 16.4. The molecule has 5 heteroatoms. The molecule has 0 aliphatic rings. The van der Waals surface area contributed by atoms with Gasteiger partial charge in [-0.25, -0.2) is 0 Å². The molecule has 0 unspecified atom stereocenters. The highest BCUT2D eigenvalue weighted by atomic mass is 32.2. The minimum atomic E-state index is -0.972. The summed E-state index contributed by atoms with van der Waals surface area (Å²) < 4.78 is -0.972. The van der Waals surface area contributed by atoms with Crippen molar-refractivity contribution in [2.24, 2.45) is 0 Å². The number of aromatic nitrogens is 1. The van der Waals surface area contributed by atoms with Crippen LogP contribution in [0.25, 0.3) is 21.9 Å². The van der Waals surface area contributed by atoms with Gasteiger partial charge in [0.25, 0.3) is 0 Å². The Bertz CT molecular complexity index is 1010. The van der Waals surface area contributed by atoms with Crippen LogP contribution < -0.4 is 0 Å². The van der Waals surface area contributed by atoms with Crippen LogP contribution in [0.4, 0.5) is 0 Å². The van der Waals surface area contributed by atoms with Gasteiger partial charge in [0, 0.05) is 22.7 Å². The van der Waals surface area contributed by atoms with Crippen molar-refractivity contribution in [2.45, 2.75) is 23.5 Å². The Morgan fingerprint density at radius 3 is 2.52 bits per heavy atom. The molecule has 4 nitrogen and oxygen atoms in total. The van der Waals surface area contributed by atoms with Crippen molar-refractivity contribution in [2.75, 3.05) is 0 Å². The van der Waals surface area contributed by atoms with Crippen LogP contribution in [0.15, 0.2) is 59.8 Å². The number of aliphatic carboxylic acids is 1. The molecule has 1 N–H and O–H groups in total. The van der Waals surface area contributed by atoms with E-state index in [0.717, 1.165) is 26.8 Å². The summed E-state index contributed by atoms with van der Waals surface area (Å²) >= 11 is 1.27. The molecule has 0 amide bonds. The number of carbonyl (C=O) groups is 1. The number of rotatable bonds is 4. The van der Waals surface area contributed by atoms with E-state index in [1.165, 1.54) is 11.8 Å². The number of hydrogen-bond donors (Lipinski definition) is 1. The first kappa shape index (κ1) is 17.0. The second kappa shape index (κ2) is 6.58. The summed E-state index contributed by atoms with van der Waals surface area (Å²) in [5.41, 5.74) is 2.49. The highest BCUT2D eigenvalue weighted by molar-refractivity contribution is 8.01. The molecule has 0 aliphatic heterocycles. The zero-order chi connectivity index (χ0) is 18.0. The van der Waals surface area contributed by atoms with Crippen LogP contribution in [0.1, 0.15) is 19.4 Å². The van der Waals surface area contributed by atoms with Gasteiger partial charge < -0.3 is 5.11 Å². The number of nitriles is 1. The van der Waals surface area contributed by atoms with E-state index in [1.54, 1.807) is 32.3 Å². The Balaban J connectivity index is 2.21. The first-order valence-electron chi connectivity index (χ1n) is 7.72. The molecular weight excluding hydrogens is 332 g/mol. The fourth-order valence-corrected chi connectivity index (χ4v) is 3.67. The molecule has 0 spiro atoms. The fourth-order valence-electron chi connectivity index (χ4n) is 2.63. The number of benzene rings is 2. The number of pyridine rings is 1. The Kier molecular flexibility index (Phi) is 4.47. The molecule has 0 saturated heterocycles. The Hall–Kier alpha value is -2.84. The third-order valence-corrected chi connectivity index (χ3v) is 5.23. The molecule has 0 aliphatic carbocycles. The molecule has 3 rings (SSSR count). The van der Waals surface area contributed by atoms with Gasteiger partial charge in [0.15, 0.2) is 0 Å². The van der Waals surface area contributed by atoms with Crippen LogP contribution >= 0.6 is 11.8 Å². The molecule has 0 bridgehead atoms. The van der Waals surface area contributed by atoms with Crippen LogP contribution in [0, 0.1) is 11.3 Å². The average Bonchev–Trinajstić information content (AvgIpc) is 2.61. The third kappa shape index (κ3) is 3.21. The first-order chi connectivity index (χ1) is 11.9. The molecule has 1 aromatic heterocycles. The molecule has 2 aromatic carbocycles. The molecule has 0 atom stereocenters. The van der Waals surface area contributed by atoms with Crippen LogP contribution in [0.3, 0.4) is 0 Å². The molecule has 1 heterocycles. The molecule has 0 fully saturated rings. The number of carboxylic acids is 1. The number of nitrogens with zero attached hydrogens (tertiary/aromatic N) is 2. The second-order valence-corrected chi connectivity index (χ2v) is 7.77. The maximum atomic E-state index is 11.5. The zero-order valence-electron chi connectivity index (χ0n) is 13.9. The lowest BCUT2D eigenvalue weighted by molar-refractivity contribution is -0.138. The van der Waals surface area contributed by atoms with Gasteiger partial charge in [-0.15, -0.1) is 11.8 Å². The predicted octanol–water partition coefficient (Wildman–Crippen LogP) is 4.73. The number of hydrogen-bond acceptors (Lipinski definition) is 4. The van der Waals surface area contributed by atoms with Crippen molar-refractivity contribution in [3.05, 3.63) is 60.4 Å². The summed E-state index contributed by atoms with van der Waals surface area (Å²) in [5.74, 6) is -0.878. The van der Waals surface area contributed by atoms with Gasteiger partial charge in [-0.2, -0.15) is 5.26 Å². The maximum absolute atomic E-state index is 11.5. The molecule has 124 valence electrons. The van der Waals surface area contributed by atoms with E-state index in [0.29, 0.717) is 5.56 Å². The van der Waals surface area contributed by atoms with E-state index in [4.69, 9.17) is 0 Å². The summed E-state index contributed by atoms with van der Waals surface area (Å²) in [6, 6.07) is 15.6.